The molecule has 9 nitrogen and oxygen atoms in total. The molecule has 9 heteroatoms. The first-order valence-corrected chi connectivity index (χ1v) is 14.0. The fraction of sp³-hybridized carbons (Fsp3) is 0.364. The number of anilines is 1. The van der Waals surface area contributed by atoms with Crippen LogP contribution in [0.1, 0.15) is 56.3 Å². The molecule has 3 N–H and O–H groups in total. The SMILES string of the molecule is COc1ccc(NC(=O)C(c2ccccc2C)N(C(=O)C(Cc2ccc(O)cc2)NC(=O)OC(C)(C)C)C2CC2)cc1. The summed E-state index contributed by atoms with van der Waals surface area (Å²) in [5.41, 5.74) is 2.09. The lowest BCUT2D eigenvalue weighted by molar-refractivity contribution is -0.141. The van der Waals surface area contributed by atoms with Crippen molar-refractivity contribution in [1.29, 1.82) is 0 Å². The summed E-state index contributed by atoms with van der Waals surface area (Å²) in [6.45, 7) is 7.15. The van der Waals surface area contributed by atoms with Gasteiger partial charge in [0.25, 0.3) is 5.91 Å². The Bertz CT molecular complexity index is 1390. The smallest absolute Gasteiger partial charge is 0.408 e. The Balaban J connectivity index is 1.71. The van der Waals surface area contributed by atoms with Gasteiger partial charge in [-0.2, -0.15) is 0 Å². The van der Waals surface area contributed by atoms with Gasteiger partial charge in [-0.05, 0) is 93.6 Å². The third kappa shape index (κ3) is 8.02. The second-order valence-corrected chi connectivity index (χ2v) is 11.5. The molecule has 0 spiro atoms. The van der Waals surface area contributed by atoms with Gasteiger partial charge in [0.05, 0.1) is 7.11 Å². The first kappa shape index (κ1) is 30.4. The van der Waals surface area contributed by atoms with E-state index in [4.69, 9.17) is 9.47 Å². The zero-order valence-corrected chi connectivity index (χ0v) is 24.7. The summed E-state index contributed by atoms with van der Waals surface area (Å²) in [5, 5.41) is 15.5. The number of nitrogens with zero attached hydrogens (tertiary/aromatic N) is 1. The lowest BCUT2D eigenvalue weighted by atomic mass is 9.96. The largest absolute Gasteiger partial charge is 0.508 e. The van der Waals surface area contributed by atoms with Crippen LogP contribution in [0.3, 0.4) is 0 Å². The molecule has 0 aliphatic heterocycles. The Morgan fingerprint density at radius 1 is 0.976 bits per heavy atom. The molecular weight excluding hydrogens is 534 g/mol. The Hall–Kier alpha value is -4.53. The minimum absolute atomic E-state index is 0.0937. The predicted molar refractivity (Wildman–Crippen MR) is 160 cm³/mol. The lowest BCUT2D eigenvalue weighted by Crippen LogP contribution is -2.54. The van der Waals surface area contributed by atoms with E-state index in [9.17, 15) is 19.5 Å². The minimum atomic E-state index is -1.02. The average molecular weight is 574 g/mol. The van der Waals surface area contributed by atoms with Crippen LogP contribution in [0.5, 0.6) is 11.5 Å². The number of hydrogen-bond donors (Lipinski definition) is 3. The van der Waals surface area contributed by atoms with Crippen LogP contribution in [0.15, 0.2) is 72.8 Å². The molecular formula is C33H39N3O6. The summed E-state index contributed by atoms with van der Waals surface area (Å²) >= 11 is 0. The van der Waals surface area contributed by atoms with E-state index in [1.807, 2.05) is 31.2 Å². The van der Waals surface area contributed by atoms with Crippen LogP contribution in [0.25, 0.3) is 0 Å². The Kier molecular flexibility index (Phi) is 9.40. The van der Waals surface area contributed by atoms with E-state index in [1.165, 1.54) is 12.1 Å². The van der Waals surface area contributed by atoms with E-state index in [2.05, 4.69) is 10.6 Å². The number of nitrogens with one attached hydrogen (secondary N) is 2. The predicted octanol–water partition coefficient (Wildman–Crippen LogP) is 5.52. The van der Waals surface area contributed by atoms with Crippen LogP contribution < -0.4 is 15.4 Å². The van der Waals surface area contributed by atoms with Gasteiger partial charge in [-0.25, -0.2) is 4.79 Å². The third-order valence-corrected chi connectivity index (χ3v) is 6.93. The minimum Gasteiger partial charge on any atom is -0.508 e. The topological polar surface area (TPSA) is 117 Å². The van der Waals surface area contributed by atoms with Gasteiger partial charge in [0.2, 0.25) is 5.91 Å². The standard InChI is InChI=1S/C33H39N3O6/c1-21-8-6-7-9-27(21)29(30(38)34-23-12-18-26(41-5)19-13-23)36(24-14-15-24)31(39)28(35-32(40)42-33(2,3)4)20-22-10-16-25(37)17-11-22/h6-13,16-19,24,28-29,37H,14-15,20H2,1-5H3,(H,34,38)(H,35,40). The van der Waals surface area contributed by atoms with E-state index in [1.54, 1.807) is 69.2 Å². The molecule has 3 aromatic carbocycles. The molecule has 2 atom stereocenters. The van der Waals surface area contributed by atoms with Crippen LogP contribution in [-0.4, -0.2) is 52.7 Å². The average Bonchev–Trinajstić information content (AvgIpc) is 3.77. The highest BCUT2D eigenvalue weighted by Gasteiger charge is 2.44. The van der Waals surface area contributed by atoms with Crippen LogP contribution in [0, 0.1) is 6.92 Å². The van der Waals surface area contributed by atoms with Gasteiger partial charge in [0, 0.05) is 18.2 Å². The van der Waals surface area contributed by atoms with Crippen molar-refractivity contribution in [2.45, 2.75) is 70.7 Å². The van der Waals surface area contributed by atoms with E-state index in [-0.39, 0.29) is 24.1 Å². The van der Waals surface area contributed by atoms with Gasteiger partial charge >= 0.3 is 6.09 Å². The van der Waals surface area contributed by atoms with Gasteiger partial charge in [0.1, 0.15) is 29.2 Å². The fourth-order valence-corrected chi connectivity index (χ4v) is 4.76. The normalized spacial score (nSPS) is 14.3. The van der Waals surface area contributed by atoms with Gasteiger partial charge in [-0.1, -0.05) is 36.4 Å². The number of carbonyl (C=O) groups is 3. The van der Waals surface area contributed by atoms with Gasteiger partial charge in [0.15, 0.2) is 0 Å². The number of amides is 3. The van der Waals surface area contributed by atoms with Crippen LogP contribution >= 0.6 is 0 Å². The zero-order chi connectivity index (χ0) is 30.4. The molecule has 0 aromatic heterocycles. The molecule has 0 bridgehead atoms. The number of rotatable bonds is 10. The second-order valence-electron chi connectivity index (χ2n) is 11.5. The lowest BCUT2D eigenvalue weighted by Gasteiger charge is -2.35. The number of benzene rings is 3. The molecule has 1 saturated carbocycles. The first-order chi connectivity index (χ1) is 19.9. The maximum atomic E-state index is 14.5. The molecule has 222 valence electrons. The van der Waals surface area contributed by atoms with E-state index >= 15 is 0 Å². The molecule has 3 aromatic rings. The number of alkyl carbamates (subject to hydrolysis) is 1. The maximum absolute atomic E-state index is 14.5. The number of carbonyl (C=O) groups excluding carboxylic acids is 3. The number of aryl methyl sites for hydroxylation is 1. The molecule has 1 aliphatic rings. The van der Waals surface area contributed by atoms with Crippen molar-refractivity contribution in [2.24, 2.45) is 0 Å². The first-order valence-electron chi connectivity index (χ1n) is 14.0. The van der Waals surface area contributed by atoms with E-state index < -0.39 is 29.7 Å². The summed E-state index contributed by atoms with van der Waals surface area (Å²) in [6, 6.07) is 18.8. The maximum Gasteiger partial charge on any atom is 0.408 e. The molecule has 0 radical (unpaired) electrons. The molecule has 1 aliphatic carbocycles. The van der Waals surface area contributed by atoms with Crippen molar-refractivity contribution in [3.8, 4) is 11.5 Å². The van der Waals surface area contributed by atoms with Crippen LogP contribution in [0.4, 0.5) is 10.5 Å². The summed E-state index contributed by atoms with van der Waals surface area (Å²) in [6.07, 6.45) is 0.887. The number of aromatic hydroxyl groups is 1. The number of methoxy groups -OCH3 is 1. The van der Waals surface area contributed by atoms with Crippen LogP contribution in [0.2, 0.25) is 0 Å². The summed E-state index contributed by atoms with van der Waals surface area (Å²) in [7, 11) is 1.57. The zero-order valence-electron chi connectivity index (χ0n) is 24.7. The number of ether oxygens (including phenoxy) is 2. The number of phenols is 1. The third-order valence-electron chi connectivity index (χ3n) is 6.93. The highest BCUT2D eigenvalue weighted by Crippen LogP contribution is 2.37. The molecule has 4 rings (SSSR count). The quantitative estimate of drug-likeness (QED) is 0.294. The van der Waals surface area contributed by atoms with Crippen molar-refractivity contribution in [3.05, 3.63) is 89.5 Å². The Labute approximate surface area is 246 Å². The van der Waals surface area contributed by atoms with Crippen LogP contribution in [-0.2, 0) is 20.7 Å². The molecule has 42 heavy (non-hydrogen) atoms. The van der Waals surface area contributed by atoms with Crippen molar-refractivity contribution < 1.29 is 29.0 Å². The number of phenolic OH excluding ortho intramolecular Hbond substituents is 1. The van der Waals surface area contributed by atoms with E-state index in [0.29, 0.717) is 17.0 Å². The van der Waals surface area contributed by atoms with Crippen molar-refractivity contribution in [3.63, 3.8) is 0 Å². The monoisotopic (exact) mass is 573 g/mol. The van der Waals surface area contributed by atoms with E-state index in [0.717, 1.165) is 24.0 Å². The number of hydrogen-bond acceptors (Lipinski definition) is 6. The summed E-state index contributed by atoms with van der Waals surface area (Å²) in [5.74, 6) is -0.00961. The molecule has 3 amide bonds. The Morgan fingerprint density at radius 3 is 2.19 bits per heavy atom. The van der Waals surface area contributed by atoms with Crippen molar-refractivity contribution in [1.82, 2.24) is 10.2 Å². The molecule has 2 unspecified atom stereocenters. The molecule has 0 heterocycles. The van der Waals surface area contributed by atoms with Crippen molar-refractivity contribution in [2.75, 3.05) is 12.4 Å². The fourth-order valence-electron chi connectivity index (χ4n) is 4.76. The van der Waals surface area contributed by atoms with Crippen molar-refractivity contribution >= 4 is 23.6 Å². The summed E-state index contributed by atoms with van der Waals surface area (Å²) in [4.78, 5) is 43.1. The Morgan fingerprint density at radius 2 is 1.62 bits per heavy atom. The van der Waals surface area contributed by atoms with Gasteiger partial charge in [-0.15, -0.1) is 0 Å². The van der Waals surface area contributed by atoms with Gasteiger partial charge < -0.3 is 30.1 Å². The highest BCUT2D eigenvalue weighted by atomic mass is 16.6. The summed E-state index contributed by atoms with van der Waals surface area (Å²) < 4.78 is 10.7. The molecule has 1 fully saturated rings. The highest BCUT2D eigenvalue weighted by molar-refractivity contribution is 5.99. The second kappa shape index (κ2) is 13.0. The molecule has 0 saturated heterocycles. The van der Waals surface area contributed by atoms with Gasteiger partial charge in [-0.3, -0.25) is 9.59 Å².